The monoisotopic (exact) mass is 325 g/mol. The second kappa shape index (κ2) is 6.34. The molecule has 24 heavy (non-hydrogen) atoms. The Labute approximate surface area is 141 Å². The van der Waals surface area contributed by atoms with Crippen molar-refractivity contribution in [3.63, 3.8) is 0 Å². The van der Waals surface area contributed by atoms with E-state index in [0.29, 0.717) is 11.8 Å². The van der Waals surface area contributed by atoms with Crippen LogP contribution in [0.4, 0.5) is 5.82 Å². The van der Waals surface area contributed by atoms with Crippen LogP contribution in [-0.4, -0.2) is 33.1 Å². The lowest BCUT2D eigenvalue weighted by molar-refractivity contribution is 0.332. The highest BCUT2D eigenvalue weighted by molar-refractivity contribution is 5.37. The van der Waals surface area contributed by atoms with Crippen LogP contribution in [0.1, 0.15) is 43.0 Å². The minimum absolute atomic E-state index is 0.0197. The molecule has 2 aliphatic rings. The third kappa shape index (κ3) is 3.32. The molecule has 3 heterocycles. The van der Waals surface area contributed by atoms with Crippen molar-refractivity contribution < 1.29 is 0 Å². The number of aromatic nitrogens is 4. The summed E-state index contributed by atoms with van der Waals surface area (Å²) in [6.45, 7) is 4.59. The van der Waals surface area contributed by atoms with Crippen LogP contribution in [0.15, 0.2) is 29.1 Å². The van der Waals surface area contributed by atoms with E-state index in [9.17, 15) is 4.79 Å². The summed E-state index contributed by atoms with van der Waals surface area (Å²) in [5.74, 6) is 2.03. The lowest BCUT2D eigenvalue weighted by Crippen LogP contribution is -2.37. The molecule has 0 atom stereocenters. The molecule has 1 aliphatic heterocycles. The molecule has 2 aromatic heterocycles. The van der Waals surface area contributed by atoms with Crippen molar-refractivity contribution in [3.8, 4) is 0 Å². The molecule has 2 fully saturated rings. The van der Waals surface area contributed by atoms with E-state index in [-0.39, 0.29) is 5.56 Å². The Kier molecular flexibility index (Phi) is 4.04. The van der Waals surface area contributed by atoms with Crippen molar-refractivity contribution in [2.24, 2.45) is 5.92 Å². The molecule has 2 aromatic rings. The number of rotatable bonds is 4. The summed E-state index contributed by atoms with van der Waals surface area (Å²) in [6, 6.07) is 7.61. The molecule has 6 heteroatoms. The molecule has 0 N–H and O–H groups in total. The first kappa shape index (κ1) is 15.3. The van der Waals surface area contributed by atoms with Crippen molar-refractivity contribution in [1.82, 2.24) is 20.0 Å². The highest BCUT2D eigenvalue weighted by atomic mass is 16.1. The molecule has 1 saturated heterocycles. The van der Waals surface area contributed by atoms with Gasteiger partial charge in [-0.15, -0.1) is 5.10 Å². The molecule has 1 aliphatic carbocycles. The van der Waals surface area contributed by atoms with Crippen molar-refractivity contribution in [2.75, 3.05) is 18.0 Å². The van der Waals surface area contributed by atoms with Gasteiger partial charge in [0.2, 0.25) is 0 Å². The number of hydrogen-bond acceptors (Lipinski definition) is 5. The molecule has 126 valence electrons. The standard InChI is InChI=1S/C18H23N5O/c1-13-2-6-17(20-19-13)22-10-8-14(9-11-22)12-23-18(24)7-5-16(21-23)15-3-4-15/h2,5-7,14-15H,3-4,8-12H2,1H3. The van der Waals surface area contributed by atoms with Gasteiger partial charge < -0.3 is 4.90 Å². The van der Waals surface area contributed by atoms with Gasteiger partial charge in [-0.25, -0.2) is 4.68 Å². The Hall–Kier alpha value is -2.24. The number of hydrogen-bond donors (Lipinski definition) is 0. The summed E-state index contributed by atoms with van der Waals surface area (Å²) >= 11 is 0. The number of nitrogens with zero attached hydrogens (tertiary/aromatic N) is 5. The van der Waals surface area contributed by atoms with Crippen LogP contribution in [-0.2, 0) is 6.54 Å². The average molecular weight is 325 g/mol. The zero-order valence-electron chi connectivity index (χ0n) is 14.1. The van der Waals surface area contributed by atoms with Crippen LogP contribution in [0.5, 0.6) is 0 Å². The summed E-state index contributed by atoms with van der Waals surface area (Å²) < 4.78 is 1.68. The Morgan fingerprint density at radius 2 is 1.83 bits per heavy atom. The van der Waals surface area contributed by atoms with Crippen molar-refractivity contribution >= 4 is 5.82 Å². The molecule has 0 amide bonds. The van der Waals surface area contributed by atoms with Gasteiger partial charge in [-0.3, -0.25) is 4.79 Å². The van der Waals surface area contributed by atoms with E-state index in [1.165, 1.54) is 12.8 Å². The molecule has 0 aromatic carbocycles. The Bertz CT molecular complexity index is 758. The predicted octanol–water partition coefficient (Wildman–Crippen LogP) is 2.14. The second-order valence-electron chi connectivity index (χ2n) is 7.02. The average Bonchev–Trinajstić information content (AvgIpc) is 3.43. The van der Waals surface area contributed by atoms with Gasteiger partial charge in [0.1, 0.15) is 0 Å². The number of aryl methyl sites for hydroxylation is 1. The van der Waals surface area contributed by atoms with E-state index in [4.69, 9.17) is 0 Å². The number of anilines is 1. The van der Waals surface area contributed by atoms with Crippen LogP contribution < -0.4 is 10.5 Å². The Morgan fingerprint density at radius 1 is 1.04 bits per heavy atom. The summed E-state index contributed by atoms with van der Waals surface area (Å²) in [5.41, 5.74) is 2.04. The van der Waals surface area contributed by atoms with E-state index in [2.05, 4.69) is 20.2 Å². The molecule has 0 radical (unpaired) electrons. The fourth-order valence-electron chi connectivity index (χ4n) is 3.34. The lowest BCUT2D eigenvalue weighted by atomic mass is 9.97. The van der Waals surface area contributed by atoms with Crippen LogP contribution >= 0.6 is 0 Å². The fourth-order valence-corrected chi connectivity index (χ4v) is 3.34. The van der Waals surface area contributed by atoms with Crippen molar-refractivity contribution in [2.45, 2.75) is 45.1 Å². The van der Waals surface area contributed by atoms with Crippen molar-refractivity contribution in [1.29, 1.82) is 0 Å². The van der Waals surface area contributed by atoms with Gasteiger partial charge in [0.05, 0.1) is 11.4 Å². The first-order valence-electron chi connectivity index (χ1n) is 8.82. The first-order chi connectivity index (χ1) is 11.7. The molecule has 0 unspecified atom stereocenters. The third-order valence-electron chi connectivity index (χ3n) is 5.04. The normalized spacial score (nSPS) is 18.8. The summed E-state index contributed by atoms with van der Waals surface area (Å²) in [4.78, 5) is 14.4. The van der Waals surface area contributed by atoms with Gasteiger partial charge >= 0.3 is 0 Å². The van der Waals surface area contributed by atoms with Gasteiger partial charge in [0.25, 0.3) is 5.56 Å². The molecule has 1 saturated carbocycles. The van der Waals surface area contributed by atoms with Crippen LogP contribution in [0.25, 0.3) is 0 Å². The maximum atomic E-state index is 12.1. The molecular weight excluding hydrogens is 302 g/mol. The SMILES string of the molecule is Cc1ccc(N2CCC(Cn3nc(C4CC4)ccc3=O)CC2)nn1. The second-order valence-corrected chi connectivity index (χ2v) is 7.02. The van der Waals surface area contributed by atoms with Crippen LogP contribution in [0.3, 0.4) is 0 Å². The van der Waals surface area contributed by atoms with E-state index in [1.807, 2.05) is 25.1 Å². The lowest BCUT2D eigenvalue weighted by Gasteiger charge is -2.32. The summed E-state index contributed by atoms with van der Waals surface area (Å²) in [5, 5.41) is 13.0. The zero-order chi connectivity index (χ0) is 16.5. The predicted molar refractivity (Wildman–Crippen MR) is 92.2 cm³/mol. The highest BCUT2D eigenvalue weighted by Gasteiger charge is 2.26. The van der Waals surface area contributed by atoms with Gasteiger partial charge in [-0.1, -0.05) is 0 Å². The van der Waals surface area contributed by atoms with Gasteiger partial charge in [-0.05, 0) is 56.7 Å². The zero-order valence-corrected chi connectivity index (χ0v) is 14.1. The quantitative estimate of drug-likeness (QED) is 0.862. The van der Waals surface area contributed by atoms with Gasteiger partial charge in [0.15, 0.2) is 5.82 Å². The van der Waals surface area contributed by atoms with E-state index < -0.39 is 0 Å². The van der Waals surface area contributed by atoms with Gasteiger partial charge in [0, 0.05) is 31.6 Å². The largest absolute Gasteiger partial charge is 0.355 e. The van der Waals surface area contributed by atoms with Gasteiger partial charge in [-0.2, -0.15) is 10.2 Å². The Balaban J connectivity index is 1.38. The van der Waals surface area contributed by atoms with E-state index in [0.717, 1.165) is 49.7 Å². The third-order valence-corrected chi connectivity index (χ3v) is 5.04. The molecular formula is C18H23N5O. The molecule has 6 nitrogen and oxygen atoms in total. The Morgan fingerprint density at radius 3 is 2.50 bits per heavy atom. The van der Waals surface area contributed by atoms with E-state index >= 15 is 0 Å². The topological polar surface area (TPSA) is 63.9 Å². The summed E-state index contributed by atoms with van der Waals surface area (Å²) in [6.07, 6.45) is 4.52. The molecule has 0 bridgehead atoms. The number of piperidine rings is 1. The first-order valence-corrected chi connectivity index (χ1v) is 8.82. The summed E-state index contributed by atoms with van der Waals surface area (Å²) in [7, 11) is 0. The maximum absolute atomic E-state index is 12.1. The minimum atomic E-state index is 0.0197. The minimum Gasteiger partial charge on any atom is -0.355 e. The molecule has 4 rings (SSSR count). The van der Waals surface area contributed by atoms with E-state index in [1.54, 1.807) is 10.7 Å². The smallest absolute Gasteiger partial charge is 0.266 e. The highest BCUT2D eigenvalue weighted by Crippen LogP contribution is 2.38. The maximum Gasteiger partial charge on any atom is 0.266 e. The fraction of sp³-hybridized carbons (Fsp3) is 0.556. The van der Waals surface area contributed by atoms with Crippen LogP contribution in [0.2, 0.25) is 0 Å². The molecule has 0 spiro atoms. The van der Waals surface area contributed by atoms with Crippen LogP contribution in [0, 0.1) is 12.8 Å². The van der Waals surface area contributed by atoms with Crippen molar-refractivity contribution in [3.05, 3.63) is 46.0 Å².